The summed E-state index contributed by atoms with van der Waals surface area (Å²) in [6.45, 7) is 2.72. The summed E-state index contributed by atoms with van der Waals surface area (Å²) in [5.41, 5.74) is 0.817. The topological polar surface area (TPSA) is 76.0 Å². The van der Waals surface area contributed by atoms with Crippen LogP contribution in [0.1, 0.15) is 15.4 Å². The first kappa shape index (κ1) is 15.2. The van der Waals surface area contributed by atoms with Gasteiger partial charge in [-0.1, -0.05) is 0 Å². The highest BCUT2D eigenvalue weighted by Gasteiger charge is 2.19. The maximum Gasteiger partial charge on any atom is 0.242 e. The number of nitrogens with zero attached hydrogens (tertiary/aromatic N) is 2. The van der Waals surface area contributed by atoms with Crippen LogP contribution in [0.3, 0.4) is 0 Å². The highest BCUT2D eigenvalue weighted by molar-refractivity contribution is 7.89. The number of sulfonamides is 1. The van der Waals surface area contributed by atoms with Crippen molar-refractivity contribution in [3.05, 3.63) is 33.8 Å². The lowest BCUT2D eigenvalue weighted by Gasteiger charge is -2.06. The molecule has 6 nitrogen and oxygen atoms in total. The van der Waals surface area contributed by atoms with E-state index >= 15 is 0 Å². The number of aryl methyl sites for hydroxylation is 2. The van der Waals surface area contributed by atoms with Crippen LogP contribution in [0, 0.1) is 6.92 Å². The Balaban J connectivity index is 2.16. The van der Waals surface area contributed by atoms with E-state index in [2.05, 4.69) is 15.1 Å². The van der Waals surface area contributed by atoms with Crippen LogP contribution in [-0.2, 0) is 30.2 Å². The van der Waals surface area contributed by atoms with Gasteiger partial charge in [-0.3, -0.25) is 4.68 Å². The number of hydrogen-bond donors (Lipinski definition) is 2. The van der Waals surface area contributed by atoms with E-state index in [1.54, 1.807) is 30.1 Å². The highest BCUT2D eigenvalue weighted by atomic mass is 32.2. The molecule has 2 aromatic heterocycles. The molecule has 0 fully saturated rings. The third-order valence-electron chi connectivity index (χ3n) is 2.93. The van der Waals surface area contributed by atoms with Gasteiger partial charge >= 0.3 is 0 Å². The third kappa shape index (κ3) is 3.26. The second kappa shape index (κ2) is 6.04. The smallest absolute Gasteiger partial charge is 0.242 e. The first-order chi connectivity index (χ1) is 9.44. The van der Waals surface area contributed by atoms with Gasteiger partial charge in [-0.15, -0.1) is 11.3 Å². The van der Waals surface area contributed by atoms with Gasteiger partial charge in [0.2, 0.25) is 10.0 Å². The first-order valence-electron chi connectivity index (χ1n) is 6.14. The first-order valence-corrected chi connectivity index (χ1v) is 8.44. The van der Waals surface area contributed by atoms with Crippen molar-refractivity contribution >= 4 is 21.4 Å². The maximum atomic E-state index is 12.3. The summed E-state index contributed by atoms with van der Waals surface area (Å²) in [4.78, 5) is 2.16. The molecule has 2 heterocycles. The van der Waals surface area contributed by atoms with Crippen LogP contribution in [0.5, 0.6) is 0 Å². The van der Waals surface area contributed by atoms with E-state index in [4.69, 9.17) is 0 Å². The quantitative estimate of drug-likeness (QED) is 0.833. The maximum absolute atomic E-state index is 12.3. The molecule has 0 radical (unpaired) electrons. The molecule has 0 atom stereocenters. The van der Waals surface area contributed by atoms with Crippen molar-refractivity contribution in [2.45, 2.75) is 24.9 Å². The summed E-state index contributed by atoms with van der Waals surface area (Å²) in [6, 6.07) is 3.51. The van der Waals surface area contributed by atoms with E-state index in [0.717, 1.165) is 15.4 Å². The van der Waals surface area contributed by atoms with Crippen molar-refractivity contribution < 1.29 is 8.42 Å². The van der Waals surface area contributed by atoms with Gasteiger partial charge in [-0.25, -0.2) is 13.1 Å². The fourth-order valence-electron chi connectivity index (χ4n) is 1.87. The Labute approximate surface area is 122 Å². The fourth-order valence-corrected chi connectivity index (χ4v) is 4.52. The van der Waals surface area contributed by atoms with Crippen LogP contribution in [-0.4, -0.2) is 25.2 Å². The van der Waals surface area contributed by atoms with Crippen molar-refractivity contribution in [3.63, 3.8) is 0 Å². The lowest BCUT2D eigenvalue weighted by Crippen LogP contribution is -2.24. The molecule has 0 aromatic carbocycles. The summed E-state index contributed by atoms with van der Waals surface area (Å²) in [6.07, 6.45) is 1.64. The molecule has 2 N–H and O–H groups in total. The van der Waals surface area contributed by atoms with E-state index in [-0.39, 0.29) is 6.54 Å². The molecule has 20 heavy (non-hydrogen) atoms. The predicted molar refractivity (Wildman–Crippen MR) is 79.1 cm³/mol. The Morgan fingerprint density at radius 1 is 1.40 bits per heavy atom. The average molecular weight is 314 g/mol. The highest BCUT2D eigenvalue weighted by Crippen LogP contribution is 2.25. The zero-order chi connectivity index (χ0) is 14.8. The number of nitrogens with one attached hydrogen (secondary N) is 2. The van der Waals surface area contributed by atoms with Gasteiger partial charge < -0.3 is 5.32 Å². The molecular weight excluding hydrogens is 296 g/mol. The molecule has 0 spiro atoms. The Hall–Kier alpha value is -1.22. The number of aromatic nitrogens is 2. The molecule has 110 valence electrons. The molecule has 0 aliphatic carbocycles. The van der Waals surface area contributed by atoms with Crippen LogP contribution in [0.15, 0.2) is 23.2 Å². The average Bonchev–Trinajstić information content (AvgIpc) is 2.94. The normalized spacial score (nSPS) is 11.9. The van der Waals surface area contributed by atoms with Crippen LogP contribution in [0.4, 0.5) is 0 Å². The van der Waals surface area contributed by atoms with Crippen molar-refractivity contribution in [2.24, 2.45) is 7.05 Å². The Bertz CT molecular complexity index is 688. The minimum atomic E-state index is -3.49. The lowest BCUT2D eigenvalue weighted by atomic mass is 10.4. The van der Waals surface area contributed by atoms with Gasteiger partial charge in [0.25, 0.3) is 0 Å². The molecule has 2 aromatic rings. The summed E-state index contributed by atoms with van der Waals surface area (Å²) in [5.74, 6) is 0. The lowest BCUT2D eigenvalue weighted by molar-refractivity contribution is 0.577. The summed E-state index contributed by atoms with van der Waals surface area (Å²) in [5, 5.41) is 7.03. The molecule has 2 rings (SSSR count). The Kier molecular flexibility index (Phi) is 4.59. The SMILES string of the molecule is CNCc1cc(S(=O)(=O)NCc2ccnn2C)c(C)s1. The van der Waals surface area contributed by atoms with Crippen molar-refractivity contribution in [1.29, 1.82) is 0 Å². The molecule has 0 amide bonds. The summed E-state index contributed by atoms with van der Waals surface area (Å²) < 4.78 is 28.9. The van der Waals surface area contributed by atoms with Crippen molar-refractivity contribution in [3.8, 4) is 0 Å². The van der Waals surface area contributed by atoms with Gasteiger partial charge in [-0.05, 0) is 26.1 Å². The summed E-state index contributed by atoms with van der Waals surface area (Å²) in [7, 11) is 0.130. The summed E-state index contributed by atoms with van der Waals surface area (Å²) >= 11 is 1.49. The van der Waals surface area contributed by atoms with E-state index in [1.165, 1.54) is 11.3 Å². The van der Waals surface area contributed by atoms with Crippen LogP contribution in [0.2, 0.25) is 0 Å². The van der Waals surface area contributed by atoms with Gasteiger partial charge in [0.1, 0.15) is 0 Å². The van der Waals surface area contributed by atoms with Gasteiger partial charge in [0.15, 0.2) is 0 Å². The predicted octanol–water partition coefficient (Wildman–Crippen LogP) is 0.988. The van der Waals surface area contributed by atoms with Gasteiger partial charge in [0.05, 0.1) is 17.1 Å². The zero-order valence-corrected chi connectivity index (χ0v) is 13.3. The van der Waals surface area contributed by atoms with Crippen LogP contribution in [0.25, 0.3) is 0 Å². The molecule has 0 aliphatic heterocycles. The van der Waals surface area contributed by atoms with Gasteiger partial charge in [-0.2, -0.15) is 5.10 Å². The van der Waals surface area contributed by atoms with E-state index in [0.29, 0.717) is 11.4 Å². The number of thiophene rings is 1. The minimum absolute atomic E-state index is 0.232. The van der Waals surface area contributed by atoms with Gasteiger partial charge in [0, 0.05) is 29.5 Å². The zero-order valence-electron chi connectivity index (χ0n) is 11.7. The fraction of sp³-hybridized carbons (Fsp3) is 0.417. The van der Waals surface area contributed by atoms with E-state index in [9.17, 15) is 8.42 Å². The molecule has 0 aliphatic rings. The second-order valence-electron chi connectivity index (χ2n) is 4.43. The molecule has 0 bridgehead atoms. The molecule has 8 heteroatoms. The monoisotopic (exact) mass is 314 g/mol. The van der Waals surface area contributed by atoms with Crippen molar-refractivity contribution in [2.75, 3.05) is 7.05 Å². The Morgan fingerprint density at radius 2 is 2.15 bits per heavy atom. The molecule has 0 saturated carbocycles. The van der Waals surface area contributed by atoms with Crippen LogP contribution >= 0.6 is 11.3 Å². The minimum Gasteiger partial charge on any atom is -0.315 e. The van der Waals surface area contributed by atoms with Crippen molar-refractivity contribution in [1.82, 2.24) is 19.8 Å². The molecule has 0 unspecified atom stereocenters. The number of hydrogen-bond acceptors (Lipinski definition) is 5. The third-order valence-corrected chi connectivity index (χ3v) is 5.64. The van der Waals surface area contributed by atoms with E-state index < -0.39 is 10.0 Å². The molecule has 0 saturated heterocycles. The van der Waals surface area contributed by atoms with Crippen LogP contribution < -0.4 is 10.0 Å². The largest absolute Gasteiger partial charge is 0.315 e. The second-order valence-corrected chi connectivity index (χ2v) is 7.51. The number of rotatable bonds is 6. The standard InChI is InChI=1S/C12H18N4O2S2/c1-9-12(6-11(19-9)8-13-2)20(17,18)15-7-10-4-5-14-16(10)3/h4-6,13,15H,7-8H2,1-3H3. The van der Waals surface area contributed by atoms with E-state index in [1.807, 2.05) is 14.0 Å². The Morgan fingerprint density at radius 3 is 2.75 bits per heavy atom. The molecular formula is C12H18N4O2S2.